The summed E-state index contributed by atoms with van der Waals surface area (Å²) in [5.41, 5.74) is 5.61. The van der Waals surface area contributed by atoms with Gasteiger partial charge in [-0.05, 0) is 30.8 Å². The molecule has 172 valence electrons. The van der Waals surface area contributed by atoms with Gasteiger partial charge in [-0.1, -0.05) is 26.0 Å². The third-order valence-corrected chi connectivity index (χ3v) is 6.08. The molecule has 7 N–H and O–H groups in total. The zero-order chi connectivity index (χ0) is 23.1. The second kappa shape index (κ2) is 11.4. The van der Waals surface area contributed by atoms with Crippen LogP contribution >= 0.6 is 11.3 Å². The zero-order valence-corrected chi connectivity index (χ0v) is 18.8. The number of thiophene rings is 1. The molecule has 31 heavy (non-hydrogen) atoms. The van der Waals surface area contributed by atoms with E-state index in [-0.39, 0.29) is 30.2 Å². The maximum atomic E-state index is 12.8. The van der Waals surface area contributed by atoms with Crippen LogP contribution in [0.1, 0.15) is 31.6 Å². The Morgan fingerprint density at radius 3 is 2.52 bits per heavy atom. The van der Waals surface area contributed by atoms with Gasteiger partial charge in [-0.3, -0.25) is 14.4 Å². The number of primary amides is 1. The Morgan fingerprint density at radius 2 is 1.97 bits per heavy atom. The standard InChI is InChI=1S/C21H32N4O5S/c1-11(2)7-16(23-3)21(30)24-14-8-12(9-17(26)18(14)27)20(29)25-15(19(22)28)10-13-5-4-6-31-13/h4-6,8,11,14-18,23,26-27H,7,9-10H2,1-3H3,(H2,22,28)(H,24,30)(H,25,29)/t14-,15+,16+,17-,18-/m1/s1. The van der Waals surface area contributed by atoms with Crippen LogP contribution in [0.15, 0.2) is 29.2 Å². The number of aliphatic hydroxyl groups is 2. The van der Waals surface area contributed by atoms with Gasteiger partial charge >= 0.3 is 0 Å². The monoisotopic (exact) mass is 452 g/mol. The summed E-state index contributed by atoms with van der Waals surface area (Å²) in [6.07, 6.45) is -0.320. The highest BCUT2D eigenvalue weighted by molar-refractivity contribution is 7.09. The van der Waals surface area contributed by atoms with E-state index in [0.29, 0.717) is 6.42 Å². The minimum Gasteiger partial charge on any atom is -0.390 e. The van der Waals surface area contributed by atoms with Crippen LogP contribution in [0.2, 0.25) is 0 Å². The number of carbonyl (C=O) groups excluding carboxylic acids is 3. The fraction of sp³-hybridized carbons (Fsp3) is 0.571. The highest BCUT2D eigenvalue weighted by atomic mass is 32.1. The summed E-state index contributed by atoms with van der Waals surface area (Å²) in [5.74, 6) is -1.30. The minimum atomic E-state index is -1.25. The Kier molecular flexibility index (Phi) is 9.17. The summed E-state index contributed by atoms with van der Waals surface area (Å²) >= 11 is 1.45. The van der Waals surface area contributed by atoms with Gasteiger partial charge in [-0.25, -0.2) is 0 Å². The Labute approximate surface area is 186 Å². The molecule has 0 aliphatic heterocycles. The number of aliphatic hydroxyl groups excluding tert-OH is 2. The number of nitrogens with two attached hydrogens (primary N) is 1. The zero-order valence-electron chi connectivity index (χ0n) is 18.0. The fourth-order valence-corrected chi connectivity index (χ4v) is 4.21. The number of amides is 3. The molecular formula is C21H32N4O5S. The molecule has 1 aliphatic rings. The molecule has 0 aromatic carbocycles. The van der Waals surface area contributed by atoms with Gasteiger partial charge < -0.3 is 31.9 Å². The van der Waals surface area contributed by atoms with Crippen molar-refractivity contribution < 1.29 is 24.6 Å². The van der Waals surface area contributed by atoms with Gasteiger partial charge in [0.15, 0.2) is 0 Å². The summed E-state index contributed by atoms with van der Waals surface area (Å²) < 4.78 is 0. The molecule has 2 rings (SSSR count). The van der Waals surface area contributed by atoms with Crippen LogP contribution in [0.3, 0.4) is 0 Å². The molecule has 0 fully saturated rings. The lowest BCUT2D eigenvalue weighted by molar-refractivity contribution is -0.126. The molecule has 1 heterocycles. The van der Waals surface area contributed by atoms with E-state index in [1.165, 1.54) is 17.4 Å². The molecule has 1 aromatic rings. The molecule has 10 heteroatoms. The van der Waals surface area contributed by atoms with E-state index >= 15 is 0 Å². The highest BCUT2D eigenvalue weighted by Gasteiger charge is 2.35. The van der Waals surface area contributed by atoms with Gasteiger partial charge in [0.05, 0.1) is 18.2 Å². The quantitative estimate of drug-likeness (QED) is 0.279. The molecule has 0 spiro atoms. The normalized spacial score (nSPS) is 23.0. The molecular weight excluding hydrogens is 420 g/mol. The lowest BCUT2D eigenvalue weighted by Crippen LogP contribution is -2.55. The predicted molar refractivity (Wildman–Crippen MR) is 118 cm³/mol. The first-order valence-corrected chi connectivity index (χ1v) is 11.2. The average Bonchev–Trinajstić information content (AvgIpc) is 3.21. The molecule has 0 saturated carbocycles. The molecule has 0 bridgehead atoms. The van der Waals surface area contributed by atoms with Crippen LogP contribution in [0.25, 0.3) is 0 Å². The van der Waals surface area contributed by atoms with Gasteiger partial charge in [0.2, 0.25) is 17.7 Å². The van der Waals surface area contributed by atoms with Gasteiger partial charge in [0.25, 0.3) is 0 Å². The first-order chi connectivity index (χ1) is 14.6. The topological polar surface area (TPSA) is 154 Å². The highest BCUT2D eigenvalue weighted by Crippen LogP contribution is 2.21. The molecule has 1 aromatic heterocycles. The smallest absolute Gasteiger partial charge is 0.247 e. The van der Waals surface area contributed by atoms with Crippen molar-refractivity contribution in [1.82, 2.24) is 16.0 Å². The number of carbonyl (C=O) groups is 3. The summed E-state index contributed by atoms with van der Waals surface area (Å²) in [6.45, 7) is 3.98. The maximum absolute atomic E-state index is 12.8. The number of nitrogens with one attached hydrogen (secondary N) is 3. The third-order valence-electron chi connectivity index (χ3n) is 5.18. The van der Waals surface area contributed by atoms with Crippen molar-refractivity contribution in [3.8, 4) is 0 Å². The Balaban J connectivity index is 2.11. The molecule has 3 amide bonds. The summed E-state index contributed by atoms with van der Waals surface area (Å²) in [6, 6.07) is 1.36. The lowest BCUT2D eigenvalue weighted by Gasteiger charge is -2.32. The molecule has 0 saturated heterocycles. The first kappa shape index (κ1) is 25.0. The molecule has 5 atom stereocenters. The van der Waals surface area contributed by atoms with E-state index in [1.54, 1.807) is 7.05 Å². The fourth-order valence-electron chi connectivity index (χ4n) is 3.46. The van der Waals surface area contributed by atoms with Gasteiger partial charge in [-0.2, -0.15) is 0 Å². The van der Waals surface area contributed by atoms with E-state index < -0.39 is 42.1 Å². The van der Waals surface area contributed by atoms with Crippen LogP contribution in [0.5, 0.6) is 0 Å². The summed E-state index contributed by atoms with van der Waals surface area (Å²) in [7, 11) is 1.67. The number of hydrogen-bond donors (Lipinski definition) is 6. The summed E-state index contributed by atoms with van der Waals surface area (Å²) in [4.78, 5) is 38.1. The van der Waals surface area contributed by atoms with Crippen molar-refractivity contribution >= 4 is 29.1 Å². The molecule has 0 unspecified atom stereocenters. The Bertz CT molecular complexity index is 796. The van der Waals surface area contributed by atoms with Crippen molar-refractivity contribution in [2.75, 3.05) is 7.05 Å². The van der Waals surface area contributed by atoms with Crippen LogP contribution in [0, 0.1) is 5.92 Å². The minimum absolute atomic E-state index is 0.106. The van der Waals surface area contributed by atoms with E-state index in [1.807, 2.05) is 31.4 Å². The molecule has 1 aliphatic carbocycles. The second-order valence-corrected chi connectivity index (χ2v) is 9.20. The Morgan fingerprint density at radius 1 is 1.26 bits per heavy atom. The van der Waals surface area contributed by atoms with Crippen LogP contribution < -0.4 is 21.7 Å². The van der Waals surface area contributed by atoms with Crippen LogP contribution in [-0.4, -0.2) is 65.3 Å². The summed E-state index contributed by atoms with van der Waals surface area (Å²) in [5, 5.41) is 30.7. The maximum Gasteiger partial charge on any atom is 0.247 e. The Hall–Kier alpha value is -2.27. The SMILES string of the molecule is CN[C@@H](CC(C)C)C(=O)N[C@@H]1C=C(C(=O)N[C@@H](Cc2cccs2)C(N)=O)C[C@@H](O)[C@@H]1O. The van der Waals surface area contributed by atoms with E-state index in [0.717, 1.165) is 4.88 Å². The average molecular weight is 453 g/mol. The lowest BCUT2D eigenvalue weighted by atomic mass is 9.89. The molecule has 9 nitrogen and oxygen atoms in total. The molecule has 0 radical (unpaired) electrons. The van der Waals surface area contributed by atoms with Crippen LogP contribution in [-0.2, 0) is 20.8 Å². The number of rotatable bonds is 10. The first-order valence-electron chi connectivity index (χ1n) is 10.3. The number of hydrogen-bond acceptors (Lipinski definition) is 7. The third kappa shape index (κ3) is 7.13. The predicted octanol–water partition coefficient (Wildman–Crippen LogP) is -0.568. The van der Waals surface area contributed by atoms with Crippen molar-refractivity contribution in [1.29, 1.82) is 0 Å². The van der Waals surface area contributed by atoms with Crippen molar-refractivity contribution in [3.63, 3.8) is 0 Å². The van der Waals surface area contributed by atoms with E-state index in [2.05, 4.69) is 16.0 Å². The van der Waals surface area contributed by atoms with Gasteiger partial charge in [0.1, 0.15) is 12.1 Å². The van der Waals surface area contributed by atoms with Gasteiger partial charge in [-0.15, -0.1) is 11.3 Å². The largest absolute Gasteiger partial charge is 0.390 e. The van der Waals surface area contributed by atoms with Crippen molar-refractivity contribution in [2.45, 2.75) is 63.4 Å². The van der Waals surface area contributed by atoms with Crippen molar-refractivity contribution in [2.24, 2.45) is 11.7 Å². The van der Waals surface area contributed by atoms with E-state index in [9.17, 15) is 24.6 Å². The van der Waals surface area contributed by atoms with Crippen molar-refractivity contribution in [3.05, 3.63) is 34.0 Å². The second-order valence-electron chi connectivity index (χ2n) is 8.17. The van der Waals surface area contributed by atoms with Crippen LogP contribution in [0.4, 0.5) is 0 Å². The van der Waals surface area contributed by atoms with Gasteiger partial charge in [0, 0.05) is 23.3 Å². The van der Waals surface area contributed by atoms with E-state index in [4.69, 9.17) is 5.73 Å². The number of likely N-dealkylation sites (N-methyl/N-ethyl adjacent to an activating group) is 1.